The highest BCUT2D eigenvalue weighted by Crippen LogP contribution is 2.20. The largest absolute Gasteiger partial charge is 0.352 e. The molecular weight excluding hydrogens is 300 g/mol. The van der Waals surface area contributed by atoms with Gasteiger partial charge in [-0.1, -0.05) is 19.8 Å². The van der Waals surface area contributed by atoms with Crippen molar-refractivity contribution in [3.05, 3.63) is 53.9 Å². The lowest BCUT2D eigenvalue weighted by molar-refractivity contribution is 0.0952. The first-order valence-corrected chi connectivity index (χ1v) is 7.55. The Morgan fingerprint density at radius 3 is 2.74 bits per heavy atom. The van der Waals surface area contributed by atoms with Crippen LogP contribution in [0, 0.1) is 11.6 Å². The van der Waals surface area contributed by atoms with Crippen LogP contribution in [0.3, 0.4) is 0 Å². The van der Waals surface area contributed by atoms with Crippen molar-refractivity contribution in [2.45, 2.75) is 26.2 Å². The van der Waals surface area contributed by atoms with E-state index in [0.29, 0.717) is 17.8 Å². The quantitative estimate of drug-likeness (QED) is 0.758. The highest BCUT2D eigenvalue weighted by molar-refractivity contribution is 5.94. The predicted molar refractivity (Wildman–Crippen MR) is 85.7 cm³/mol. The van der Waals surface area contributed by atoms with Crippen molar-refractivity contribution >= 4 is 17.3 Å². The summed E-state index contributed by atoms with van der Waals surface area (Å²) >= 11 is 0. The lowest BCUT2D eigenvalue weighted by Gasteiger charge is -2.09. The number of carbonyl (C=O) groups is 1. The third-order valence-corrected chi connectivity index (χ3v) is 3.28. The maximum atomic E-state index is 13.6. The van der Waals surface area contributed by atoms with Crippen molar-refractivity contribution < 1.29 is 13.6 Å². The molecule has 2 rings (SSSR count). The fourth-order valence-electron chi connectivity index (χ4n) is 2.06. The van der Waals surface area contributed by atoms with Gasteiger partial charge in [0.25, 0.3) is 5.91 Å². The third kappa shape index (κ3) is 5.02. The lowest BCUT2D eigenvalue weighted by atomic mass is 10.2. The van der Waals surface area contributed by atoms with Crippen LogP contribution in [0.15, 0.2) is 36.7 Å². The number of anilines is 2. The molecule has 0 spiro atoms. The standard InChI is InChI=1S/C17H19F2N3O/c1-2-3-4-7-21-17(23)12-8-14(11-20-10-12)22-16-6-5-13(18)9-15(16)19/h5-6,8-11,22H,2-4,7H2,1H3,(H,21,23). The van der Waals surface area contributed by atoms with Gasteiger partial charge in [0.1, 0.15) is 11.6 Å². The van der Waals surface area contributed by atoms with Crippen LogP contribution >= 0.6 is 0 Å². The summed E-state index contributed by atoms with van der Waals surface area (Å²) < 4.78 is 26.5. The molecule has 1 amide bonds. The third-order valence-electron chi connectivity index (χ3n) is 3.28. The van der Waals surface area contributed by atoms with Gasteiger partial charge in [-0.25, -0.2) is 8.78 Å². The van der Waals surface area contributed by atoms with E-state index in [1.165, 1.54) is 18.5 Å². The molecule has 4 nitrogen and oxygen atoms in total. The van der Waals surface area contributed by atoms with E-state index in [-0.39, 0.29) is 11.6 Å². The van der Waals surface area contributed by atoms with Crippen LogP contribution in [0.1, 0.15) is 36.5 Å². The Labute approximate surface area is 133 Å². The molecule has 1 heterocycles. The molecule has 0 aliphatic heterocycles. The number of pyridine rings is 1. The maximum Gasteiger partial charge on any atom is 0.252 e. The second-order valence-corrected chi connectivity index (χ2v) is 5.17. The second kappa shape index (κ2) is 8.22. The number of nitrogens with one attached hydrogen (secondary N) is 2. The van der Waals surface area contributed by atoms with Crippen molar-refractivity contribution in [2.75, 3.05) is 11.9 Å². The minimum absolute atomic E-state index is 0.119. The van der Waals surface area contributed by atoms with Crippen molar-refractivity contribution in [1.29, 1.82) is 0 Å². The van der Waals surface area contributed by atoms with Crippen LogP contribution in [0.2, 0.25) is 0 Å². The number of halogens is 2. The Hall–Kier alpha value is -2.50. The molecule has 1 aromatic heterocycles. The molecule has 0 aliphatic carbocycles. The van der Waals surface area contributed by atoms with Crippen molar-refractivity contribution in [1.82, 2.24) is 10.3 Å². The molecule has 23 heavy (non-hydrogen) atoms. The summed E-state index contributed by atoms with van der Waals surface area (Å²) in [4.78, 5) is 16.0. The van der Waals surface area contributed by atoms with Gasteiger partial charge >= 0.3 is 0 Å². The van der Waals surface area contributed by atoms with E-state index >= 15 is 0 Å². The number of benzene rings is 1. The van der Waals surface area contributed by atoms with E-state index in [2.05, 4.69) is 22.5 Å². The lowest BCUT2D eigenvalue weighted by Crippen LogP contribution is -2.24. The number of carbonyl (C=O) groups excluding carboxylic acids is 1. The van der Waals surface area contributed by atoms with Crippen LogP contribution in [-0.4, -0.2) is 17.4 Å². The molecule has 0 atom stereocenters. The summed E-state index contributed by atoms with van der Waals surface area (Å²) in [6.07, 6.45) is 5.98. The zero-order valence-electron chi connectivity index (χ0n) is 12.9. The SMILES string of the molecule is CCCCCNC(=O)c1cncc(Nc2ccc(F)cc2F)c1. The normalized spacial score (nSPS) is 10.4. The predicted octanol–water partition coefficient (Wildman–Crippen LogP) is 4.02. The van der Waals surface area contributed by atoms with Crippen LogP contribution in [0.5, 0.6) is 0 Å². The number of hydrogen-bond donors (Lipinski definition) is 2. The molecule has 2 N–H and O–H groups in total. The monoisotopic (exact) mass is 319 g/mol. The second-order valence-electron chi connectivity index (χ2n) is 5.17. The average Bonchev–Trinajstić information content (AvgIpc) is 2.54. The van der Waals surface area contributed by atoms with Crippen LogP contribution < -0.4 is 10.6 Å². The summed E-state index contributed by atoms with van der Waals surface area (Å²) in [7, 11) is 0. The molecule has 0 saturated carbocycles. The zero-order chi connectivity index (χ0) is 16.7. The van der Waals surface area contributed by atoms with Gasteiger partial charge in [-0.05, 0) is 24.6 Å². The average molecular weight is 319 g/mol. The first-order valence-electron chi connectivity index (χ1n) is 7.55. The highest BCUT2D eigenvalue weighted by Gasteiger charge is 2.08. The Kier molecular flexibility index (Phi) is 6.02. The number of aromatic nitrogens is 1. The van der Waals surface area contributed by atoms with Gasteiger partial charge in [-0.3, -0.25) is 9.78 Å². The van der Waals surface area contributed by atoms with Gasteiger partial charge in [-0.2, -0.15) is 0 Å². The van der Waals surface area contributed by atoms with E-state index in [9.17, 15) is 13.6 Å². The van der Waals surface area contributed by atoms with Crippen LogP contribution in [0.25, 0.3) is 0 Å². The Balaban J connectivity index is 2.03. The number of unbranched alkanes of at least 4 members (excludes halogenated alkanes) is 2. The molecule has 0 aliphatic rings. The molecule has 0 radical (unpaired) electrons. The minimum atomic E-state index is -0.709. The van der Waals surface area contributed by atoms with Gasteiger partial charge < -0.3 is 10.6 Å². The van der Waals surface area contributed by atoms with E-state index in [1.807, 2.05) is 0 Å². The topological polar surface area (TPSA) is 54.0 Å². The van der Waals surface area contributed by atoms with E-state index in [1.54, 1.807) is 6.07 Å². The molecule has 0 saturated heterocycles. The minimum Gasteiger partial charge on any atom is -0.352 e. The fraction of sp³-hybridized carbons (Fsp3) is 0.294. The van der Waals surface area contributed by atoms with Gasteiger partial charge in [0.05, 0.1) is 23.1 Å². The number of rotatable bonds is 7. The molecule has 1 aromatic carbocycles. The van der Waals surface area contributed by atoms with Gasteiger partial charge in [0.2, 0.25) is 0 Å². The molecule has 2 aromatic rings. The number of amides is 1. The van der Waals surface area contributed by atoms with E-state index in [0.717, 1.165) is 31.4 Å². The van der Waals surface area contributed by atoms with E-state index < -0.39 is 11.6 Å². The zero-order valence-corrected chi connectivity index (χ0v) is 12.9. The van der Waals surface area contributed by atoms with Gasteiger partial charge in [0.15, 0.2) is 0 Å². The summed E-state index contributed by atoms with van der Waals surface area (Å²) in [5.74, 6) is -1.58. The molecule has 0 fully saturated rings. The molecule has 122 valence electrons. The highest BCUT2D eigenvalue weighted by atomic mass is 19.1. The van der Waals surface area contributed by atoms with Gasteiger partial charge in [-0.15, -0.1) is 0 Å². The van der Waals surface area contributed by atoms with Crippen molar-refractivity contribution in [3.8, 4) is 0 Å². The summed E-state index contributed by atoms with van der Waals surface area (Å²) in [5, 5.41) is 5.60. The molecule has 6 heteroatoms. The van der Waals surface area contributed by atoms with Crippen LogP contribution in [0.4, 0.5) is 20.2 Å². The Morgan fingerprint density at radius 2 is 2.00 bits per heavy atom. The first-order chi connectivity index (χ1) is 11.1. The molecular formula is C17H19F2N3O. The Morgan fingerprint density at radius 1 is 1.17 bits per heavy atom. The number of hydrogen-bond acceptors (Lipinski definition) is 3. The smallest absolute Gasteiger partial charge is 0.252 e. The first kappa shape index (κ1) is 16.9. The maximum absolute atomic E-state index is 13.6. The summed E-state index contributed by atoms with van der Waals surface area (Å²) in [6, 6.07) is 4.82. The summed E-state index contributed by atoms with van der Waals surface area (Å²) in [5.41, 5.74) is 0.958. The fourth-order valence-corrected chi connectivity index (χ4v) is 2.06. The van der Waals surface area contributed by atoms with Crippen molar-refractivity contribution in [3.63, 3.8) is 0 Å². The van der Waals surface area contributed by atoms with Crippen molar-refractivity contribution in [2.24, 2.45) is 0 Å². The molecule has 0 bridgehead atoms. The number of nitrogens with zero attached hydrogens (tertiary/aromatic N) is 1. The van der Waals surface area contributed by atoms with E-state index in [4.69, 9.17) is 0 Å². The summed E-state index contributed by atoms with van der Waals surface area (Å²) in [6.45, 7) is 2.70. The molecule has 0 unspecified atom stereocenters. The van der Waals surface area contributed by atoms with Crippen LogP contribution in [-0.2, 0) is 0 Å². The van der Waals surface area contributed by atoms with Gasteiger partial charge in [0, 0.05) is 18.8 Å². The Bertz CT molecular complexity index is 677.